The molecular formula is C41H52N4O8. The summed E-state index contributed by atoms with van der Waals surface area (Å²) >= 11 is 0. The highest BCUT2D eigenvalue weighted by molar-refractivity contribution is 5.99. The van der Waals surface area contributed by atoms with Gasteiger partial charge in [-0.15, -0.1) is 0 Å². The van der Waals surface area contributed by atoms with E-state index in [4.69, 9.17) is 18.7 Å². The first-order chi connectivity index (χ1) is 25.5. The summed E-state index contributed by atoms with van der Waals surface area (Å²) in [5.74, 6) is -0.824. The summed E-state index contributed by atoms with van der Waals surface area (Å²) in [6.07, 6.45) is 3.28. The van der Waals surface area contributed by atoms with Crippen LogP contribution >= 0.6 is 0 Å². The molecule has 1 atom stereocenters. The molecule has 2 aromatic heterocycles. The van der Waals surface area contributed by atoms with Gasteiger partial charge in [-0.1, -0.05) is 26.0 Å². The summed E-state index contributed by atoms with van der Waals surface area (Å²) in [5.41, 5.74) is 6.29. The molecule has 5 rings (SSSR count). The number of hydrogen-bond donors (Lipinski definition) is 3. The van der Waals surface area contributed by atoms with E-state index in [1.807, 2.05) is 71.0 Å². The van der Waals surface area contributed by atoms with Crippen LogP contribution in [0.2, 0.25) is 0 Å². The average molecular weight is 729 g/mol. The summed E-state index contributed by atoms with van der Waals surface area (Å²) in [7, 11) is 0. The van der Waals surface area contributed by atoms with Crippen molar-refractivity contribution in [1.29, 1.82) is 0 Å². The highest BCUT2D eigenvalue weighted by atomic mass is 16.5. The van der Waals surface area contributed by atoms with Gasteiger partial charge in [-0.25, -0.2) is 0 Å². The molecule has 2 aromatic carbocycles. The number of carbonyl (C=O) groups excluding carboxylic acids is 1. The molecule has 0 spiro atoms. The molecule has 1 saturated heterocycles. The van der Waals surface area contributed by atoms with E-state index in [9.17, 15) is 19.5 Å². The van der Waals surface area contributed by atoms with Crippen LogP contribution in [0.15, 0.2) is 57.8 Å². The molecular weight excluding hydrogens is 676 g/mol. The number of carboxylic acids is 1. The Morgan fingerprint density at radius 2 is 1.70 bits per heavy atom. The zero-order valence-electron chi connectivity index (χ0n) is 31.6. The first-order valence-corrected chi connectivity index (χ1v) is 18.5. The first-order valence-electron chi connectivity index (χ1n) is 18.5. The molecule has 4 aromatic rings. The maximum atomic E-state index is 13.8. The van der Waals surface area contributed by atoms with Crippen LogP contribution in [0.1, 0.15) is 90.9 Å². The fourth-order valence-electron chi connectivity index (χ4n) is 6.92. The van der Waals surface area contributed by atoms with Gasteiger partial charge in [0.15, 0.2) is 5.76 Å². The lowest BCUT2D eigenvalue weighted by molar-refractivity contribution is -0.140. The van der Waals surface area contributed by atoms with Crippen LogP contribution in [0.4, 0.5) is 5.69 Å². The number of rotatable bonds is 17. The monoisotopic (exact) mass is 728 g/mol. The number of unbranched alkanes of at least 4 members (excludes halogenated alkanes) is 1. The molecule has 1 amide bonds. The van der Waals surface area contributed by atoms with Crippen LogP contribution in [0.25, 0.3) is 11.1 Å². The molecule has 3 heterocycles. The van der Waals surface area contributed by atoms with Gasteiger partial charge in [0.2, 0.25) is 0 Å². The van der Waals surface area contributed by atoms with Gasteiger partial charge in [-0.05, 0) is 117 Å². The normalized spacial score (nSPS) is 13.9. The van der Waals surface area contributed by atoms with Crippen molar-refractivity contribution < 1.29 is 33.4 Å². The topological polar surface area (TPSA) is 156 Å². The Labute approximate surface area is 310 Å². The smallest absolute Gasteiger partial charge is 0.314 e. The quantitative estimate of drug-likeness (QED) is 0.0973. The van der Waals surface area contributed by atoms with Crippen LogP contribution in [-0.4, -0.2) is 66.1 Å². The second-order valence-electron chi connectivity index (χ2n) is 14.0. The second kappa shape index (κ2) is 18.1. The number of aryl methyl sites for hydroxylation is 2. The SMILES string of the molecule is CCN(c1cc(-c2ccc(OCCCCOc3cc(C(C(=O)O)C(C)C)on3)cc2)cc(C(=O)NCc2c(C)cc(C)[nH]c2=O)c1C)C1CCOCC1. The number of ether oxygens (including phenoxy) is 3. The Balaban J connectivity index is 1.25. The molecule has 0 aliphatic carbocycles. The lowest BCUT2D eigenvalue weighted by Crippen LogP contribution is -2.40. The molecule has 0 bridgehead atoms. The summed E-state index contributed by atoms with van der Waals surface area (Å²) in [4.78, 5) is 43.3. The third-order valence-corrected chi connectivity index (χ3v) is 9.82. The first kappa shape index (κ1) is 39.1. The number of carbonyl (C=O) groups is 2. The molecule has 1 fully saturated rings. The van der Waals surface area contributed by atoms with Gasteiger partial charge < -0.3 is 39.0 Å². The van der Waals surface area contributed by atoms with E-state index >= 15 is 0 Å². The van der Waals surface area contributed by atoms with Crippen molar-refractivity contribution in [1.82, 2.24) is 15.5 Å². The van der Waals surface area contributed by atoms with Gasteiger partial charge in [0, 0.05) is 60.9 Å². The number of aromatic nitrogens is 2. The van der Waals surface area contributed by atoms with E-state index in [1.54, 1.807) is 6.07 Å². The molecule has 0 radical (unpaired) electrons. The predicted octanol–water partition coefficient (Wildman–Crippen LogP) is 6.95. The lowest BCUT2D eigenvalue weighted by Gasteiger charge is -2.37. The van der Waals surface area contributed by atoms with Crippen LogP contribution in [0.3, 0.4) is 0 Å². The number of aliphatic carboxylic acids is 1. The Bertz CT molecular complexity index is 1910. The highest BCUT2D eigenvalue weighted by Crippen LogP contribution is 2.35. The van der Waals surface area contributed by atoms with Crippen molar-refractivity contribution in [2.75, 3.05) is 37.9 Å². The Kier molecular flexibility index (Phi) is 13.4. The minimum Gasteiger partial charge on any atom is -0.494 e. The van der Waals surface area contributed by atoms with E-state index in [0.29, 0.717) is 50.0 Å². The van der Waals surface area contributed by atoms with Gasteiger partial charge in [0.1, 0.15) is 11.7 Å². The number of carboxylic acid groups (broad SMARTS) is 1. The van der Waals surface area contributed by atoms with Gasteiger partial charge in [0.25, 0.3) is 17.3 Å². The number of hydrogen-bond acceptors (Lipinski definition) is 9. The Morgan fingerprint density at radius 1 is 1.00 bits per heavy atom. The lowest BCUT2D eigenvalue weighted by atomic mass is 9.94. The molecule has 1 aliphatic rings. The van der Waals surface area contributed by atoms with Gasteiger partial charge in [0.05, 0.1) is 13.2 Å². The fraction of sp³-hybridized carbons (Fsp3) is 0.463. The summed E-state index contributed by atoms with van der Waals surface area (Å²) in [6, 6.07) is 15.7. The number of nitrogens with zero attached hydrogens (tertiary/aromatic N) is 2. The highest BCUT2D eigenvalue weighted by Gasteiger charge is 2.28. The van der Waals surface area contributed by atoms with Crippen molar-refractivity contribution in [2.45, 2.75) is 85.7 Å². The van der Waals surface area contributed by atoms with Gasteiger partial charge in [-0.3, -0.25) is 14.4 Å². The number of H-pyrrole nitrogens is 1. The van der Waals surface area contributed by atoms with E-state index in [2.05, 4.69) is 33.3 Å². The summed E-state index contributed by atoms with van der Waals surface area (Å²) < 4.78 is 22.6. The number of pyridine rings is 1. The van der Waals surface area contributed by atoms with Gasteiger partial charge >= 0.3 is 5.97 Å². The molecule has 12 heteroatoms. The molecule has 53 heavy (non-hydrogen) atoms. The number of benzene rings is 2. The fourth-order valence-corrected chi connectivity index (χ4v) is 6.92. The minimum absolute atomic E-state index is 0.127. The van der Waals surface area contributed by atoms with Crippen molar-refractivity contribution in [3.05, 3.63) is 92.6 Å². The van der Waals surface area contributed by atoms with E-state index < -0.39 is 11.9 Å². The van der Waals surface area contributed by atoms with Crippen LogP contribution < -0.4 is 25.2 Å². The molecule has 3 N–H and O–H groups in total. The van der Waals surface area contributed by atoms with E-state index in [1.165, 1.54) is 0 Å². The van der Waals surface area contributed by atoms with Crippen LogP contribution in [0.5, 0.6) is 11.6 Å². The van der Waals surface area contributed by atoms with Crippen molar-refractivity contribution in [3.63, 3.8) is 0 Å². The van der Waals surface area contributed by atoms with Crippen molar-refractivity contribution in [2.24, 2.45) is 5.92 Å². The van der Waals surface area contributed by atoms with E-state index in [-0.39, 0.29) is 35.6 Å². The Morgan fingerprint density at radius 3 is 2.34 bits per heavy atom. The maximum Gasteiger partial charge on any atom is 0.314 e. The minimum atomic E-state index is -0.957. The van der Waals surface area contributed by atoms with Gasteiger partial charge in [-0.2, -0.15) is 0 Å². The Hall–Kier alpha value is -5.10. The third-order valence-electron chi connectivity index (χ3n) is 9.82. The zero-order valence-corrected chi connectivity index (χ0v) is 31.6. The molecule has 12 nitrogen and oxygen atoms in total. The second-order valence-corrected chi connectivity index (χ2v) is 14.0. The number of aromatic amines is 1. The third kappa shape index (κ3) is 9.87. The zero-order chi connectivity index (χ0) is 38.1. The molecule has 0 saturated carbocycles. The molecule has 284 valence electrons. The van der Waals surface area contributed by atoms with Crippen LogP contribution in [0, 0.1) is 26.7 Å². The van der Waals surface area contributed by atoms with Crippen LogP contribution in [-0.2, 0) is 16.1 Å². The predicted molar refractivity (Wildman–Crippen MR) is 203 cm³/mol. The van der Waals surface area contributed by atoms with Crippen molar-refractivity contribution >= 4 is 17.6 Å². The standard InChI is InChI=1S/C41H52N4O8/c1-7-45(31-14-18-50-19-15-31)35-22-30(21-33(28(35)6)39(46)42-24-34-26(4)20-27(5)43-40(34)47)29-10-12-32(13-11-29)51-16-8-9-17-52-37-23-36(53-44-37)38(25(2)3)41(48)49/h10-13,20-23,25,31,38H,7-9,14-19,24H2,1-6H3,(H,42,46)(H,43,47)(H,48,49). The molecule has 1 unspecified atom stereocenters. The summed E-state index contributed by atoms with van der Waals surface area (Å²) in [5, 5.41) is 16.3. The summed E-state index contributed by atoms with van der Waals surface area (Å²) in [6.45, 7) is 14.7. The number of anilines is 1. The maximum absolute atomic E-state index is 13.8. The largest absolute Gasteiger partial charge is 0.494 e. The average Bonchev–Trinajstić information content (AvgIpc) is 3.58. The van der Waals surface area contributed by atoms with Crippen molar-refractivity contribution in [3.8, 4) is 22.8 Å². The number of nitrogens with one attached hydrogen (secondary N) is 2. The number of amides is 1. The van der Waals surface area contributed by atoms with E-state index in [0.717, 1.165) is 65.2 Å². The molecule has 1 aliphatic heterocycles.